The molecule has 0 atom stereocenters. The van der Waals surface area contributed by atoms with Gasteiger partial charge in [-0.3, -0.25) is 4.79 Å². The summed E-state index contributed by atoms with van der Waals surface area (Å²) in [6, 6.07) is 20.3. The topological polar surface area (TPSA) is 89.7 Å². The molecule has 0 aliphatic rings. The summed E-state index contributed by atoms with van der Waals surface area (Å²) in [5, 5.41) is 18.1. The molecule has 3 aromatic rings. The molecule has 26 heavy (non-hydrogen) atoms. The smallest absolute Gasteiger partial charge is 0.266 e. The van der Waals surface area contributed by atoms with Crippen LogP contribution in [0.4, 0.5) is 0 Å². The Bertz CT molecular complexity index is 1080. The second-order valence-corrected chi connectivity index (χ2v) is 5.81. The van der Waals surface area contributed by atoms with Crippen molar-refractivity contribution in [3.8, 4) is 29.0 Å². The molecule has 5 nitrogen and oxygen atoms in total. The summed E-state index contributed by atoms with van der Waals surface area (Å²) in [4.78, 5) is 14.6. The van der Waals surface area contributed by atoms with E-state index in [4.69, 9.17) is 10.00 Å². The second kappa shape index (κ2) is 7.38. The number of benzene rings is 2. The van der Waals surface area contributed by atoms with E-state index in [1.807, 2.05) is 36.4 Å². The fraction of sp³-hybridized carbons (Fsp3) is 0.0952. The maximum absolute atomic E-state index is 12.0. The highest BCUT2D eigenvalue weighted by atomic mass is 16.5. The Labute approximate surface area is 150 Å². The Balaban J connectivity index is 1.86. The number of nitrogens with zero attached hydrogens (tertiary/aromatic N) is 2. The van der Waals surface area contributed by atoms with Gasteiger partial charge >= 0.3 is 0 Å². The van der Waals surface area contributed by atoms with E-state index in [1.165, 1.54) is 0 Å². The first-order chi connectivity index (χ1) is 12.6. The molecule has 0 spiro atoms. The highest BCUT2D eigenvalue weighted by Gasteiger charge is 2.11. The Morgan fingerprint density at radius 1 is 1.04 bits per heavy atom. The average Bonchev–Trinajstić information content (AvgIpc) is 2.66. The van der Waals surface area contributed by atoms with Gasteiger partial charge in [0.1, 0.15) is 24.0 Å². The van der Waals surface area contributed by atoms with Crippen molar-refractivity contribution in [2.45, 2.75) is 13.5 Å². The number of aromatic nitrogens is 1. The number of aryl methyl sites for hydroxylation is 1. The van der Waals surface area contributed by atoms with Crippen LogP contribution in [-0.4, -0.2) is 4.98 Å². The van der Waals surface area contributed by atoms with Crippen LogP contribution >= 0.6 is 0 Å². The molecule has 0 unspecified atom stereocenters. The van der Waals surface area contributed by atoms with Gasteiger partial charge in [-0.05, 0) is 48.4 Å². The SMILES string of the molecule is Cc1cc(-c2cccc(OCc3ccc(C#N)cc3)c2)c(C#N)c(=O)[nH]1. The van der Waals surface area contributed by atoms with Crippen molar-refractivity contribution in [2.24, 2.45) is 0 Å². The zero-order valence-corrected chi connectivity index (χ0v) is 14.1. The summed E-state index contributed by atoms with van der Waals surface area (Å²) < 4.78 is 5.81. The first-order valence-corrected chi connectivity index (χ1v) is 7.97. The summed E-state index contributed by atoms with van der Waals surface area (Å²) in [6.07, 6.45) is 0. The molecular formula is C21H15N3O2. The van der Waals surface area contributed by atoms with Gasteiger partial charge in [-0.1, -0.05) is 24.3 Å². The van der Waals surface area contributed by atoms with E-state index in [-0.39, 0.29) is 5.56 Å². The van der Waals surface area contributed by atoms with E-state index in [0.29, 0.717) is 29.2 Å². The summed E-state index contributed by atoms with van der Waals surface area (Å²) in [6.45, 7) is 2.13. The van der Waals surface area contributed by atoms with Crippen molar-refractivity contribution in [1.82, 2.24) is 4.98 Å². The zero-order valence-electron chi connectivity index (χ0n) is 14.1. The molecule has 0 aliphatic carbocycles. The first-order valence-electron chi connectivity index (χ1n) is 7.97. The van der Waals surface area contributed by atoms with Gasteiger partial charge in [0, 0.05) is 11.3 Å². The van der Waals surface area contributed by atoms with Gasteiger partial charge in [0.2, 0.25) is 0 Å². The summed E-state index contributed by atoms with van der Waals surface area (Å²) in [5.41, 5.74) is 3.24. The molecule has 3 rings (SSSR count). The lowest BCUT2D eigenvalue weighted by Gasteiger charge is -2.10. The molecular weight excluding hydrogens is 326 g/mol. The molecule has 5 heteroatoms. The van der Waals surface area contributed by atoms with Gasteiger partial charge in [-0.25, -0.2) is 0 Å². The van der Waals surface area contributed by atoms with E-state index >= 15 is 0 Å². The van der Waals surface area contributed by atoms with Crippen molar-refractivity contribution in [3.63, 3.8) is 0 Å². The number of hydrogen-bond donors (Lipinski definition) is 1. The number of aromatic amines is 1. The number of H-pyrrole nitrogens is 1. The van der Waals surface area contributed by atoms with Crippen LogP contribution in [0.25, 0.3) is 11.1 Å². The Morgan fingerprint density at radius 3 is 2.50 bits per heavy atom. The molecule has 0 radical (unpaired) electrons. The summed E-state index contributed by atoms with van der Waals surface area (Å²) >= 11 is 0. The number of hydrogen-bond acceptors (Lipinski definition) is 4. The van der Waals surface area contributed by atoms with Crippen molar-refractivity contribution in [3.05, 3.63) is 87.3 Å². The number of pyridine rings is 1. The molecule has 1 N–H and O–H groups in total. The molecule has 1 aromatic heterocycles. The average molecular weight is 341 g/mol. The van der Waals surface area contributed by atoms with E-state index in [9.17, 15) is 10.1 Å². The minimum absolute atomic E-state index is 0.0832. The van der Waals surface area contributed by atoms with E-state index in [1.54, 1.807) is 31.2 Å². The normalized spacial score (nSPS) is 9.96. The van der Waals surface area contributed by atoms with Crippen LogP contribution in [0.1, 0.15) is 22.4 Å². The minimum Gasteiger partial charge on any atom is -0.489 e. The zero-order chi connectivity index (χ0) is 18.5. The lowest BCUT2D eigenvalue weighted by atomic mass is 10.0. The fourth-order valence-corrected chi connectivity index (χ4v) is 2.62. The number of nitriles is 2. The highest BCUT2D eigenvalue weighted by molar-refractivity contribution is 5.71. The third-order valence-corrected chi connectivity index (χ3v) is 3.91. The quantitative estimate of drug-likeness (QED) is 0.784. The van der Waals surface area contributed by atoms with Crippen LogP contribution in [0, 0.1) is 29.6 Å². The first kappa shape index (κ1) is 17.0. The predicted octanol–water partition coefficient (Wildman–Crippen LogP) is 3.67. The van der Waals surface area contributed by atoms with Crippen LogP contribution in [0.15, 0.2) is 59.4 Å². The maximum Gasteiger partial charge on any atom is 0.266 e. The highest BCUT2D eigenvalue weighted by Crippen LogP contribution is 2.26. The van der Waals surface area contributed by atoms with Crippen LogP contribution in [0.5, 0.6) is 5.75 Å². The van der Waals surface area contributed by atoms with Crippen LogP contribution < -0.4 is 10.3 Å². The Kier molecular flexibility index (Phi) is 4.83. The molecule has 126 valence electrons. The van der Waals surface area contributed by atoms with Crippen molar-refractivity contribution in [2.75, 3.05) is 0 Å². The standard InChI is InChI=1S/C21H15N3O2/c1-14-9-19(20(12-23)21(25)24-14)17-3-2-4-18(10-17)26-13-16-7-5-15(11-22)6-8-16/h2-10H,13H2,1H3,(H,24,25). The van der Waals surface area contributed by atoms with Crippen molar-refractivity contribution in [1.29, 1.82) is 10.5 Å². The van der Waals surface area contributed by atoms with E-state index in [0.717, 1.165) is 11.1 Å². The second-order valence-electron chi connectivity index (χ2n) is 5.81. The summed E-state index contributed by atoms with van der Waals surface area (Å²) in [5.74, 6) is 0.633. The number of ether oxygens (including phenoxy) is 1. The minimum atomic E-state index is -0.397. The molecule has 0 saturated carbocycles. The Hall–Kier alpha value is -3.83. The van der Waals surface area contributed by atoms with Crippen molar-refractivity contribution < 1.29 is 4.74 Å². The molecule has 2 aromatic carbocycles. The fourth-order valence-electron chi connectivity index (χ4n) is 2.62. The molecule has 0 saturated heterocycles. The van der Waals surface area contributed by atoms with Gasteiger partial charge in [-0.2, -0.15) is 10.5 Å². The van der Waals surface area contributed by atoms with Crippen LogP contribution in [0.3, 0.4) is 0 Å². The number of nitrogens with one attached hydrogen (secondary N) is 1. The lowest BCUT2D eigenvalue weighted by Crippen LogP contribution is -2.12. The number of rotatable bonds is 4. The third kappa shape index (κ3) is 3.63. The maximum atomic E-state index is 12.0. The predicted molar refractivity (Wildman–Crippen MR) is 97.4 cm³/mol. The van der Waals surface area contributed by atoms with Gasteiger partial charge < -0.3 is 9.72 Å². The van der Waals surface area contributed by atoms with E-state index in [2.05, 4.69) is 11.1 Å². The largest absolute Gasteiger partial charge is 0.489 e. The molecule has 0 fully saturated rings. The van der Waals surface area contributed by atoms with Crippen LogP contribution in [0.2, 0.25) is 0 Å². The van der Waals surface area contributed by atoms with Crippen LogP contribution in [-0.2, 0) is 6.61 Å². The van der Waals surface area contributed by atoms with Gasteiger partial charge in [0.25, 0.3) is 5.56 Å². The molecule has 0 bridgehead atoms. The molecule has 0 amide bonds. The molecule has 1 heterocycles. The van der Waals surface area contributed by atoms with E-state index < -0.39 is 5.56 Å². The summed E-state index contributed by atoms with van der Waals surface area (Å²) in [7, 11) is 0. The third-order valence-electron chi connectivity index (χ3n) is 3.91. The van der Waals surface area contributed by atoms with Gasteiger partial charge in [-0.15, -0.1) is 0 Å². The molecule has 0 aliphatic heterocycles. The van der Waals surface area contributed by atoms with Crippen molar-refractivity contribution >= 4 is 0 Å². The van der Waals surface area contributed by atoms with Gasteiger partial charge in [0.05, 0.1) is 11.6 Å². The Morgan fingerprint density at radius 2 is 1.81 bits per heavy atom. The lowest BCUT2D eigenvalue weighted by molar-refractivity contribution is 0.306. The monoisotopic (exact) mass is 341 g/mol. The van der Waals surface area contributed by atoms with Gasteiger partial charge in [0.15, 0.2) is 0 Å².